The van der Waals surface area contributed by atoms with Gasteiger partial charge in [0.25, 0.3) is 5.91 Å². The maximum atomic E-state index is 13.1. The minimum Gasteiger partial charge on any atom is -0.347 e. The summed E-state index contributed by atoms with van der Waals surface area (Å²) in [5, 5.41) is 0. The summed E-state index contributed by atoms with van der Waals surface area (Å²) in [5.41, 5.74) is -0.138. The van der Waals surface area contributed by atoms with Gasteiger partial charge in [-0.1, -0.05) is 37.3 Å². The van der Waals surface area contributed by atoms with Crippen LogP contribution in [0.2, 0.25) is 0 Å². The van der Waals surface area contributed by atoms with Crippen molar-refractivity contribution in [2.24, 2.45) is 0 Å². The van der Waals surface area contributed by atoms with E-state index >= 15 is 0 Å². The molecule has 3 nitrogen and oxygen atoms in total. The molecule has 1 aromatic rings. The van der Waals surface area contributed by atoms with Crippen molar-refractivity contribution in [3.05, 3.63) is 35.9 Å². The van der Waals surface area contributed by atoms with E-state index in [1.54, 1.807) is 0 Å². The molecule has 1 aliphatic heterocycles. The molecule has 1 saturated heterocycles. The van der Waals surface area contributed by atoms with Gasteiger partial charge in [-0.3, -0.25) is 4.79 Å². The molecule has 0 N–H and O–H groups in total. The largest absolute Gasteiger partial charge is 0.347 e. The molecule has 3 heteroatoms. The van der Waals surface area contributed by atoms with Crippen molar-refractivity contribution >= 4 is 5.91 Å². The van der Waals surface area contributed by atoms with Crippen LogP contribution in [0, 0.1) is 0 Å². The van der Waals surface area contributed by atoms with Gasteiger partial charge in [0.15, 0.2) is 5.60 Å². The smallest absolute Gasteiger partial charge is 0.258 e. The highest BCUT2D eigenvalue weighted by Gasteiger charge is 2.72. The fourth-order valence-corrected chi connectivity index (χ4v) is 3.51. The summed E-state index contributed by atoms with van der Waals surface area (Å²) >= 11 is 0. The van der Waals surface area contributed by atoms with Crippen molar-refractivity contribution in [2.75, 3.05) is 0 Å². The molecule has 1 aliphatic rings. The highest BCUT2D eigenvalue weighted by atomic mass is 16.6. The molecule has 1 amide bonds. The van der Waals surface area contributed by atoms with Crippen LogP contribution in [0.25, 0.3) is 0 Å². The summed E-state index contributed by atoms with van der Waals surface area (Å²) in [7, 11) is 0. The van der Waals surface area contributed by atoms with Crippen LogP contribution in [-0.4, -0.2) is 28.5 Å². The molecular weight excluding hydrogens is 262 g/mol. The molecule has 1 aromatic carbocycles. The fourth-order valence-electron chi connectivity index (χ4n) is 3.51. The number of rotatable bonds is 5. The second-order valence-corrected chi connectivity index (χ2v) is 6.58. The molecule has 1 heterocycles. The van der Waals surface area contributed by atoms with Crippen LogP contribution in [0.5, 0.6) is 0 Å². The Morgan fingerprint density at radius 1 is 1.14 bits per heavy atom. The van der Waals surface area contributed by atoms with E-state index in [4.69, 9.17) is 4.74 Å². The molecule has 2 atom stereocenters. The quantitative estimate of drug-likeness (QED) is 0.774. The average molecular weight is 289 g/mol. The normalized spacial score (nSPS) is 28.0. The van der Waals surface area contributed by atoms with E-state index in [0.29, 0.717) is 0 Å². The molecule has 0 aliphatic carbocycles. The van der Waals surface area contributed by atoms with Gasteiger partial charge in [-0.05, 0) is 46.6 Å². The number of nitrogens with zero attached hydrogens (tertiary/aromatic N) is 1. The Balaban J connectivity index is 2.34. The summed E-state index contributed by atoms with van der Waals surface area (Å²) in [6.07, 6.45) is 0.795. The minimum absolute atomic E-state index is 0.0956. The zero-order valence-electron chi connectivity index (χ0n) is 14.0. The van der Waals surface area contributed by atoms with E-state index in [9.17, 15) is 4.79 Å². The summed E-state index contributed by atoms with van der Waals surface area (Å²) in [4.78, 5) is 15.0. The van der Waals surface area contributed by atoms with Crippen LogP contribution in [0.4, 0.5) is 0 Å². The number of epoxide rings is 1. The first-order valence-corrected chi connectivity index (χ1v) is 7.88. The number of ether oxygens (including phenoxy) is 1. The standard InChI is InChI=1S/C18H27NO2/c1-7-18(15-11-9-8-10-12-15)17(6,21-18)16(20)19(13(2)3)14(4)5/h8-14H,7H2,1-6H3/t17-,18-/m1/s1. The number of amides is 1. The van der Waals surface area contributed by atoms with Gasteiger partial charge in [-0.25, -0.2) is 0 Å². The van der Waals surface area contributed by atoms with Gasteiger partial charge in [-0.15, -0.1) is 0 Å². The first-order valence-electron chi connectivity index (χ1n) is 7.88. The number of benzene rings is 1. The van der Waals surface area contributed by atoms with Gasteiger partial charge in [0.2, 0.25) is 0 Å². The van der Waals surface area contributed by atoms with E-state index in [-0.39, 0.29) is 18.0 Å². The number of hydrogen-bond acceptors (Lipinski definition) is 2. The lowest BCUT2D eigenvalue weighted by molar-refractivity contribution is -0.140. The lowest BCUT2D eigenvalue weighted by Crippen LogP contribution is -2.49. The summed E-state index contributed by atoms with van der Waals surface area (Å²) in [5.74, 6) is 0.0956. The van der Waals surface area contributed by atoms with Gasteiger partial charge in [-0.2, -0.15) is 0 Å². The Hall–Kier alpha value is -1.35. The summed E-state index contributed by atoms with van der Waals surface area (Å²) in [6, 6.07) is 10.4. The van der Waals surface area contributed by atoms with Crippen LogP contribution in [0.15, 0.2) is 30.3 Å². The van der Waals surface area contributed by atoms with Crippen molar-refractivity contribution in [1.29, 1.82) is 0 Å². The molecule has 2 rings (SSSR count). The van der Waals surface area contributed by atoms with Crippen molar-refractivity contribution in [2.45, 2.75) is 71.2 Å². The Labute approximate surface area is 128 Å². The Bertz CT molecular complexity index is 503. The molecule has 1 fully saturated rings. The van der Waals surface area contributed by atoms with E-state index in [2.05, 4.69) is 46.8 Å². The second kappa shape index (κ2) is 5.45. The average Bonchev–Trinajstić information content (AvgIpc) is 3.07. The SMILES string of the molecule is CC[C@]1(c2ccccc2)O[C@]1(C)C(=O)N(C(C)C)C(C)C. The lowest BCUT2D eigenvalue weighted by atomic mass is 9.84. The molecule has 0 unspecified atom stereocenters. The van der Waals surface area contributed by atoms with E-state index < -0.39 is 11.2 Å². The highest BCUT2D eigenvalue weighted by molar-refractivity contribution is 5.90. The number of hydrogen-bond donors (Lipinski definition) is 0. The van der Waals surface area contributed by atoms with Crippen LogP contribution in [-0.2, 0) is 15.1 Å². The van der Waals surface area contributed by atoms with E-state index in [1.165, 1.54) is 0 Å². The molecule has 0 radical (unpaired) electrons. The minimum atomic E-state index is -0.752. The molecule has 21 heavy (non-hydrogen) atoms. The maximum Gasteiger partial charge on any atom is 0.258 e. The molecule has 0 spiro atoms. The Morgan fingerprint density at radius 2 is 1.67 bits per heavy atom. The predicted molar refractivity (Wildman–Crippen MR) is 85.0 cm³/mol. The van der Waals surface area contributed by atoms with Crippen molar-refractivity contribution < 1.29 is 9.53 Å². The molecule has 0 saturated carbocycles. The zero-order valence-corrected chi connectivity index (χ0v) is 14.0. The first-order chi connectivity index (χ1) is 9.80. The lowest BCUT2D eigenvalue weighted by Gasteiger charge is -2.33. The van der Waals surface area contributed by atoms with Crippen LogP contribution in [0.1, 0.15) is 53.5 Å². The van der Waals surface area contributed by atoms with Gasteiger partial charge in [0.1, 0.15) is 5.60 Å². The molecule has 0 bridgehead atoms. The van der Waals surface area contributed by atoms with Crippen LogP contribution < -0.4 is 0 Å². The third kappa shape index (κ3) is 2.38. The van der Waals surface area contributed by atoms with E-state index in [1.807, 2.05) is 30.0 Å². The monoisotopic (exact) mass is 289 g/mol. The molecule has 116 valence electrons. The van der Waals surface area contributed by atoms with E-state index in [0.717, 1.165) is 12.0 Å². The number of carbonyl (C=O) groups is 1. The third-order valence-electron chi connectivity index (χ3n) is 4.60. The first kappa shape index (κ1) is 16.0. The van der Waals surface area contributed by atoms with Crippen LogP contribution in [0.3, 0.4) is 0 Å². The van der Waals surface area contributed by atoms with Crippen molar-refractivity contribution in [3.8, 4) is 0 Å². The number of carbonyl (C=O) groups excluding carboxylic acids is 1. The van der Waals surface area contributed by atoms with Crippen LogP contribution >= 0.6 is 0 Å². The second-order valence-electron chi connectivity index (χ2n) is 6.58. The van der Waals surface area contributed by atoms with Crippen molar-refractivity contribution in [3.63, 3.8) is 0 Å². The van der Waals surface area contributed by atoms with Gasteiger partial charge >= 0.3 is 0 Å². The highest BCUT2D eigenvalue weighted by Crippen LogP contribution is 2.58. The van der Waals surface area contributed by atoms with Crippen molar-refractivity contribution in [1.82, 2.24) is 4.90 Å². The summed E-state index contributed by atoms with van der Waals surface area (Å²) in [6.45, 7) is 12.2. The molecular formula is C18H27NO2. The van der Waals surface area contributed by atoms with Gasteiger partial charge < -0.3 is 9.64 Å². The summed E-state index contributed by atoms with van der Waals surface area (Å²) < 4.78 is 6.08. The third-order valence-corrected chi connectivity index (χ3v) is 4.60. The predicted octanol–water partition coefficient (Wildman–Crippen LogP) is 3.73. The van der Waals surface area contributed by atoms with Gasteiger partial charge in [0.05, 0.1) is 0 Å². The topological polar surface area (TPSA) is 32.8 Å². The fraction of sp³-hybridized carbons (Fsp3) is 0.611. The Kier molecular flexibility index (Phi) is 4.16. The maximum absolute atomic E-state index is 13.1. The molecule has 0 aromatic heterocycles. The van der Waals surface area contributed by atoms with Gasteiger partial charge in [0, 0.05) is 12.1 Å². The zero-order chi connectivity index (χ0) is 15.8. The Morgan fingerprint density at radius 3 is 2.10 bits per heavy atom.